The number of anilines is 1. The molecule has 3 rings (SSSR count). The minimum atomic E-state index is -4.22. The standard InChI is InChI=1S/C17H19NO7S2/c1-25-14-5-7-15(8-6-14)27(23,24)18(12-3-2-4-13(19)9-12)16-10-26(21,22)11-17(16)20/h2-9,16-17,19-20H,10-11H2,1H3/t16-,17+/m1/s1. The van der Waals surface area contributed by atoms with Crippen LogP contribution < -0.4 is 9.04 Å². The quantitative estimate of drug-likeness (QED) is 0.742. The van der Waals surface area contributed by atoms with Gasteiger partial charge in [-0.05, 0) is 36.4 Å². The van der Waals surface area contributed by atoms with Crippen LogP contribution in [0.15, 0.2) is 53.4 Å². The summed E-state index contributed by atoms with van der Waals surface area (Å²) < 4.78 is 56.4. The zero-order valence-corrected chi connectivity index (χ0v) is 16.0. The van der Waals surface area contributed by atoms with Crippen LogP contribution >= 0.6 is 0 Å². The third-order valence-electron chi connectivity index (χ3n) is 4.30. The fraction of sp³-hybridized carbons (Fsp3) is 0.294. The Hall–Kier alpha value is -2.30. The Bertz CT molecular complexity index is 1030. The number of hydrogen-bond acceptors (Lipinski definition) is 7. The number of phenols is 1. The average molecular weight is 413 g/mol. The summed E-state index contributed by atoms with van der Waals surface area (Å²) in [6.45, 7) is 0. The van der Waals surface area contributed by atoms with Crippen LogP contribution in [-0.2, 0) is 19.9 Å². The number of ether oxygens (including phenoxy) is 1. The molecular formula is C17H19NO7S2. The maximum absolute atomic E-state index is 13.3. The van der Waals surface area contributed by atoms with E-state index >= 15 is 0 Å². The Morgan fingerprint density at radius 2 is 1.78 bits per heavy atom. The monoisotopic (exact) mass is 413 g/mol. The van der Waals surface area contributed by atoms with E-state index < -0.39 is 43.5 Å². The summed E-state index contributed by atoms with van der Waals surface area (Å²) in [4.78, 5) is -0.0943. The Morgan fingerprint density at radius 1 is 1.11 bits per heavy atom. The summed E-state index contributed by atoms with van der Waals surface area (Å²) in [6.07, 6.45) is -1.38. The van der Waals surface area contributed by atoms with E-state index in [-0.39, 0.29) is 16.3 Å². The summed E-state index contributed by atoms with van der Waals surface area (Å²) in [5.74, 6) is -0.760. The highest BCUT2D eigenvalue weighted by Gasteiger charge is 2.45. The molecule has 8 nitrogen and oxygen atoms in total. The molecule has 0 spiro atoms. The topological polar surface area (TPSA) is 121 Å². The van der Waals surface area contributed by atoms with Gasteiger partial charge in [0.25, 0.3) is 10.0 Å². The predicted octanol–water partition coefficient (Wildman–Crippen LogP) is 0.754. The van der Waals surface area contributed by atoms with Gasteiger partial charge < -0.3 is 14.9 Å². The molecule has 0 radical (unpaired) electrons. The van der Waals surface area contributed by atoms with Crippen LogP contribution in [0.1, 0.15) is 0 Å². The van der Waals surface area contributed by atoms with Crippen molar-refractivity contribution in [3.63, 3.8) is 0 Å². The summed E-state index contributed by atoms with van der Waals surface area (Å²) >= 11 is 0. The molecule has 2 atom stereocenters. The SMILES string of the molecule is COc1ccc(S(=O)(=O)N(c2cccc(O)c2)[C@@H]2CS(=O)(=O)C[C@@H]2O)cc1. The van der Waals surface area contributed by atoms with Crippen molar-refractivity contribution in [2.75, 3.05) is 22.9 Å². The number of sulfone groups is 1. The molecule has 146 valence electrons. The lowest BCUT2D eigenvalue weighted by atomic mass is 10.2. The maximum Gasteiger partial charge on any atom is 0.264 e. The van der Waals surface area contributed by atoms with Crippen molar-refractivity contribution >= 4 is 25.5 Å². The van der Waals surface area contributed by atoms with Crippen molar-refractivity contribution in [1.82, 2.24) is 0 Å². The molecule has 2 aromatic carbocycles. The number of hydrogen-bond donors (Lipinski definition) is 2. The second-order valence-corrected chi connectivity index (χ2v) is 10.2. The first-order chi connectivity index (χ1) is 12.6. The van der Waals surface area contributed by atoms with Gasteiger partial charge in [0.15, 0.2) is 9.84 Å². The van der Waals surface area contributed by atoms with Gasteiger partial charge >= 0.3 is 0 Å². The number of phenolic OH excluding ortho intramolecular Hbond substituents is 1. The van der Waals surface area contributed by atoms with E-state index in [0.717, 1.165) is 4.31 Å². The average Bonchev–Trinajstić information content (AvgIpc) is 2.87. The largest absolute Gasteiger partial charge is 0.508 e. The van der Waals surface area contributed by atoms with Gasteiger partial charge in [0.05, 0.1) is 41.3 Å². The normalized spacial score (nSPS) is 21.7. The molecule has 2 aromatic rings. The number of sulfonamides is 1. The Kier molecular flexibility index (Phi) is 5.06. The van der Waals surface area contributed by atoms with Crippen molar-refractivity contribution < 1.29 is 31.8 Å². The Morgan fingerprint density at radius 3 is 2.30 bits per heavy atom. The molecule has 0 amide bonds. The van der Waals surface area contributed by atoms with Gasteiger partial charge in [-0.15, -0.1) is 0 Å². The highest BCUT2D eigenvalue weighted by molar-refractivity contribution is 7.93. The van der Waals surface area contributed by atoms with Crippen molar-refractivity contribution in [3.05, 3.63) is 48.5 Å². The fourth-order valence-corrected chi connectivity index (χ4v) is 6.57. The number of nitrogens with zero attached hydrogens (tertiary/aromatic N) is 1. The third-order valence-corrected chi connectivity index (χ3v) is 7.86. The van der Waals surface area contributed by atoms with Crippen molar-refractivity contribution in [3.8, 4) is 11.5 Å². The molecule has 1 saturated heterocycles. The van der Waals surface area contributed by atoms with Crippen molar-refractivity contribution in [2.45, 2.75) is 17.0 Å². The molecule has 1 fully saturated rings. The van der Waals surface area contributed by atoms with Gasteiger partial charge in [0, 0.05) is 6.07 Å². The second-order valence-electron chi connectivity index (χ2n) is 6.21. The van der Waals surface area contributed by atoms with E-state index in [1.807, 2.05) is 0 Å². The van der Waals surface area contributed by atoms with Crippen LogP contribution in [0.3, 0.4) is 0 Å². The lowest BCUT2D eigenvalue weighted by Crippen LogP contribution is -2.47. The van der Waals surface area contributed by atoms with Crippen LogP contribution in [0.4, 0.5) is 5.69 Å². The number of rotatable bonds is 5. The minimum absolute atomic E-state index is 0.0620. The van der Waals surface area contributed by atoms with E-state index in [1.54, 1.807) is 0 Å². The molecule has 10 heteroatoms. The molecule has 1 heterocycles. The number of methoxy groups -OCH3 is 1. The molecule has 1 aliphatic heterocycles. The first-order valence-corrected chi connectivity index (χ1v) is 11.3. The van der Waals surface area contributed by atoms with Crippen LogP contribution in [0, 0.1) is 0 Å². The molecule has 0 bridgehead atoms. The van der Waals surface area contributed by atoms with Crippen molar-refractivity contribution in [2.24, 2.45) is 0 Å². The molecular weight excluding hydrogens is 394 g/mol. The van der Waals surface area contributed by atoms with E-state index in [9.17, 15) is 27.0 Å². The van der Waals surface area contributed by atoms with Gasteiger partial charge in [0.2, 0.25) is 0 Å². The highest BCUT2D eigenvalue weighted by Crippen LogP contribution is 2.33. The van der Waals surface area contributed by atoms with Gasteiger partial charge in [-0.1, -0.05) is 6.07 Å². The smallest absolute Gasteiger partial charge is 0.264 e. The van der Waals surface area contributed by atoms with Crippen LogP contribution in [0.25, 0.3) is 0 Å². The highest BCUT2D eigenvalue weighted by atomic mass is 32.2. The predicted molar refractivity (Wildman–Crippen MR) is 99.2 cm³/mol. The zero-order chi connectivity index (χ0) is 19.8. The van der Waals surface area contributed by atoms with Crippen molar-refractivity contribution in [1.29, 1.82) is 0 Å². The first-order valence-electron chi connectivity index (χ1n) is 8.00. The van der Waals surface area contributed by atoms with Gasteiger partial charge in [-0.3, -0.25) is 4.31 Å². The molecule has 0 aliphatic carbocycles. The van der Waals surface area contributed by atoms with E-state index in [1.165, 1.54) is 55.6 Å². The lowest BCUT2D eigenvalue weighted by molar-refractivity contribution is 0.184. The van der Waals surface area contributed by atoms with Gasteiger partial charge in [-0.25, -0.2) is 16.8 Å². The Balaban J connectivity index is 2.14. The summed E-state index contributed by atoms with van der Waals surface area (Å²) in [5, 5.41) is 20.0. The fourth-order valence-electron chi connectivity index (χ4n) is 3.03. The molecule has 0 unspecified atom stereocenters. The van der Waals surface area contributed by atoms with Crippen LogP contribution in [0.5, 0.6) is 11.5 Å². The molecule has 0 saturated carbocycles. The number of aliphatic hydroxyl groups is 1. The summed E-state index contributed by atoms with van der Waals surface area (Å²) in [5.41, 5.74) is 0.0620. The third kappa shape index (κ3) is 3.87. The Labute approximate surface area is 157 Å². The van der Waals surface area contributed by atoms with Gasteiger partial charge in [-0.2, -0.15) is 0 Å². The summed E-state index contributed by atoms with van der Waals surface area (Å²) in [7, 11) is -6.37. The molecule has 2 N–H and O–H groups in total. The first kappa shape index (κ1) is 19.5. The molecule has 27 heavy (non-hydrogen) atoms. The van der Waals surface area contributed by atoms with Crippen LogP contribution in [-0.4, -0.2) is 57.8 Å². The zero-order valence-electron chi connectivity index (χ0n) is 14.4. The van der Waals surface area contributed by atoms with E-state index in [2.05, 4.69) is 0 Å². The maximum atomic E-state index is 13.3. The molecule has 0 aromatic heterocycles. The van der Waals surface area contributed by atoms with Gasteiger partial charge in [0.1, 0.15) is 11.5 Å². The van der Waals surface area contributed by atoms with E-state index in [4.69, 9.17) is 4.74 Å². The van der Waals surface area contributed by atoms with Crippen LogP contribution in [0.2, 0.25) is 0 Å². The lowest BCUT2D eigenvalue weighted by Gasteiger charge is -2.31. The summed E-state index contributed by atoms with van der Waals surface area (Å²) in [6, 6.07) is 9.84. The number of aromatic hydroxyl groups is 1. The number of benzene rings is 2. The van der Waals surface area contributed by atoms with E-state index in [0.29, 0.717) is 5.75 Å². The second kappa shape index (κ2) is 7.02. The minimum Gasteiger partial charge on any atom is -0.508 e. The number of aliphatic hydroxyl groups excluding tert-OH is 1. The molecule has 1 aliphatic rings.